The molecule has 2 aromatic heterocycles. The smallest absolute Gasteiger partial charge is 0.255 e. The van der Waals surface area contributed by atoms with Gasteiger partial charge >= 0.3 is 0 Å². The van der Waals surface area contributed by atoms with Crippen LogP contribution in [0.15, 0.2) is 53.6 Å². The van der Waals surface area contributed by atoms with Gasteiger partial charge in [-0.15, -0.1) is 0 Å². The number of pyridine rings is 2. The Morgan fingerprint density at radius 3 is 2.57 bits per heavy atom. The summed E-state index contributed by atoms with van der Waals surface area (Å²) in [6.07, 6.45) is 2.49. The van der Waals surface area contributed by atoms with Crippen molar-refractivity contribution in [3.8, 4) is 11.1 Å². The van der Waals surface area contributed by atoms with Crippen molar-refractivity contribution in [2.75, 3.05) is 60.8 Å². The third kappa shape index (κ3) is 5.43. The second-order valence-corrected chi connectivity index (χ2v) is 11.3. The molecule has 0 radical (unpaired) electrons. The molecule has 2 aliphatic heterocycles. The van der Waals surface area contributed by atoms with Crippen LogP contribution in [0.5, 0.6) is 0 Å². The Balaban J connectivity index is 1.52. The SMILES string of the molecule is Cc1nc(N2CCOCC2)c(NC(=O)c2cccc(S(C)(=O)=O)c2)cc1-c1ccnc(N2CC(O)C2)c1. The molecule has 194 valence electrons. The van der Waals surface area contributed by atoms with E-state index in [1.165, 1.54) is 12.1 Å². The zero-order valence-corrected chi connectivity index (χ0v) is 21.5. The molecule has 5 rings (SSSR count). The van der Waals surface area contributed by atoms with E-state index in [-0.39, 0.29) is 16.6 Å². The molecule has 0 unspecified atom stereocenters. The summed E-state index contributed by atoms with van der Waals surface area (Å²) in [6.45, 7) is 5.39. The van der Waals surface area contributed by atoms with Crippen LogP contribution in [0.1, 0.15) is 16.1 Å². The van der Waals surface area contributed by atoms with Gasteiger partial charge in [0.1, 0.15) is 5.82 Å². The van der Waals surface area contributed by atoms with Gasteiger partial charge in [0.05, 0.1) is 29.9 Å². The van der Waals surface area contributed by atoms with Gasteiger partial charge in [0.15, 0.2) is 15.7 Å². The number of hydrogen-bond donors (Lipinski definition) is 2. The molecule has 1 amide bonds. The van der Waals surface area contributed by atoms with Crippen molar-refractivity contribution < 1.29 is 23.1 Å². The van der Waals surface area contributed by atoms with Gasteiger partial charge in [-0.05, 0) is 48.9 Å². The maximum Gasteiger partial charge on any atom is 0.255 e. The lowest BCUT2D eigenvalue weighted by Crippen LogP contribution is -2.51. The average molecular weight is 524 g/mol. The summed E-state index contributed by atoms with van der Waals surface area (Å²) >= 11 is 0. The molecule has 10 nitrogen and oxygen atoms in total. The average Bonchev–Trinajstić information content (AvgIpc) is 2.87. The normalized spacial score (nSPS) is 16.4. The van der Waals surface area contributed by atoms with Crippen molar-refractivity contribution in [2.45, 2.75) is 17.9 Å². The molecule has 0 aliphatic carbocycles. The molecule has 37 heavy (non-hydrogen) atoms. The Morgan fingerprint density at radius 1 is 1.11 bits per heavy atom. The third-order valence-corrected chi connectivity index (χ3v) is 7.63. The first-order valence-corrected chi connectivity index (χ1v) is 13.9. The molecule has 0 bridgehead atoms. The van der Waals surface area contributed by atoms with Gasteiger partial charge < -0.3 is 25.0 Å². The minimum Gasteiger partial charge on any atom is -0.389 e. The summed E-state index contributed by atoms with van der Waals surface area (Å²) in [4.78, 5) is 26.7. The van der Waals surface area contributed by atoms with Crippen LogP contribution in [0.4, 0.5) is 17.3 Å². The lowest BCUT2D eigenvalue weighted by Gasteiger charge is -2.37. The van der Waals surface area contributed by atoms with Crippen LogP contribution in [0.25, 0.3) is 11.1 Å². The maximum atomic E-state index is 13.3. The number of morpholine rings is 1. The van der Waals surface area contributed by atoms with E-state index in [9.17, 15) is 18.3 Å². The molecule has 0 saturated carbocycles. The zero-order valence-electron chi connectivity index (χ0n) is 20.7. The van der Waals surface area contributed by atoms with Crippen molar-refractivity contribution >= 4 is 33.1 Å². The second-order valence-electron chi connectivity index (χ2n) is 9.31. The standard InChI is InChI=1S/C26H29N5O5S/c1-17-22(18-6-7-27-24(13-18)31-15-20(32)16-31)14-23(25(28-17)30-8-10-36-11-9-30)29-26(33)19-4-3-5-21(12-19)37(2,34)35/h3-7,12-14,20,32H,8-11,15-16H2,1-2H3,(H,29,33). The number of aromatic nitrogens is 2. The molecule has 1 aromatic carbocycles. The molecule has 0 spiro atoms. The summed E-state index contributed by atoms with van der Waals surface area (Å²) in [7, 11) is -3.46. The predicted molar refractivity (Wildman–Crippen MR) is 141 cm³/mol. The van der Waals surface area contributed by atoms with Crippen LogP contribution >= 0.6 is 0 Å². The number of β-amino-alcohol motifs (C(OH)–C–C–N with tert-alkyl or cyclic N) is 1. The molecular formula is C26H29N5O5S. The molecule has 2 aliphatic rings. The number of aliphatic hydroxyl groups is 1. The third-order valence-electron chi connectivity index (χ3n) is 6.52. The minimum atomic E-state index is -3.46. The van der Waals surface area contributed by atoms with Gasteiger partial charge in [-0.3, -0.25) is 4.79 Å². The van der Waals surface area contributed by atoms with Crippen molar-refractivity contribution in [2.24, 2.45) is 0 Å². The van der Waals surface area contributed by atoms with Crippen LogP contribution in [0.3, 0.4) is 0 Å². The van der Waals surface area contributed by atoms with Crippen molar-refractivity contribution in [3.63, 3.8) is 0 Å². The van der Waals surface area contributed by atoms with Crippen LogP contribution in [0, 0.1) is 6.92 Å². The van der Waals surface area contributed by atoms with E-state index < -0.39 is 15.7 Å². The van der Waals surface area contributed by atoms with Crippen molar-refractivity contribution in [1.82, 2.24) is 9.97 Å². The van der Waals surface area contributed by atoms with E-state index in [1.807, 2.05) is 30.0 Å². The lowest BCUT2D eigenvalue weighted by molar-refractivity contribution is 0.102. The minimum absolute atomic E-state index is 0.0803. The summed E-state index contributed by atoms with van der Waals surface area (Å²) in [5.74, 6) is 0.974. The Kier molecular flexibility index (Phi) is 6.84. The fourth-order valence-corrected chi connectivity index (χ4v) is 5.12. The van der Waals surface area contributed by atoms with E-state index >= 15 is 0 Å². The van der Waals surface area contributed by atoms with E-state index in [0.717, 1.165) is 28.9 Å². The molecular weight excluding hydrogens is 494 g/mol. The number of nitrogens with zero attached hydrogens (tertiary/aromatic N) is 4. The van der Waals surface area contributed by atoms with Gasteiger partial charge in [0.2, 0.25) is 0 Å². The molecule has 11 heteroatoms. The first-order valence-electron chi connectivity index (χ1n) is 12.0. The number of benzene rings is 1. The first kappa shape index (κ1) is 25.1. The van der Waals surface area contributed by atoms with Crippen molar-refractivity contribution in [3.05, 3.63) is 59.9 Å². The summed E-state index contributed by atoms with van der Waals surface area (Å²) in [5, 5.41) is 12.6. The van der Waals surface area contributed by atoms with Gasteiger partial charge in [-0.2, -0.15) is 0 Å². The van der Waals surface area contributed by atoms with Gasteiger partial charge in [-0.1, -0.05) is 6.07 Å². The van der Waals surface area contributed by atoms with Crippen LogP contribution in [-0.2, 0) is 14.6 Å². The second kappa shape index (κ2) is 10.1. The zero-order chi connectivity index (χ0) is 26.2. The predicted octanol–water partition coefficient (Wildman–Crippen LogP) is 2.13. The van der Waals surface area contributed by atoms with Gasteiger partial charge in [0.25, 0.3) is 5.91 Å². The number of ether oxygens (including phenoxy) is 1. The van der Waals surface area contributed by atoms with Crippen LogP contribution in [0.2, 0.25) is 0 Å². The Hall–Kier alpha value is -3.54. The number of sulfone groups is 1. The van der Waals surface area contributed by atoms with Gasteiger partial charge in [-0.25, -0.2) is 18.4 Å². The maximum absolute atomic E-state index is 13.3. The summed E-state index contributed by atoms with van der Waals surface area (Å²) < 4.78 is 29.5. The highest BCUT2D eigenvalue weighted by Gasteiger charge is 2.26. The molecule has 3 aromatic rings. The van der Waals surface area contributed by atoms with E-state index in [0.29, 0.717) is 50.9 Å². The molecule has 0 atom stereocenters. The number of aliphatic hydroxyl groups excluding tert-OH is 1. The number of carbonyl (C=O) groups excluding carboxylic acids is 1. The highest BCUT2D eigenvalue weighted by Crippen LogP contribution is 2.34. The number of rotatable bonds is 6. The fraction of sp³-hybridized carbons (Fsp3) is 0.346. The van der Waals surface area contributed by atoms with E-state index in [1.54, 1.807) is 18.3 Å². The fourth-order valence-electron chi connectivity index (χ4n) is 4.46. The molecule has 2 fully saturated rings. The number of amides is 1. The monoisotopic (exact) mass is 523 g/mol. The largest absolute Gasteiger partial charge is 0.389 e. The number of aryl methyl sites for hydroxylation is 1. The number of carbonyl (C=O) groups is 1. The Morgan fingerprint density at radius 2 is 1.86 bits per heavy atom. The molecule has 4 heterocycles. The first-order chi connectivity index (χ1) is 17.7. The summed E-state index contributed by atoms with van der Waals surface area (Å²) in [5.41, 5.74) is 3.27. The van der Waals surface area contributed by atoms with Crippen molar-refractivity contribution in [1.29, 1.82) is 0 Å². The van der Waals surface area contributed by atoms with Gasteiger partial charge in [0, 0.05) is 55.5 Å². The Bertz CT molecular complexity index is 1430. The number of hydrogen-bond acceptors (Lipinski definition) is 9. The summed E-state index contributed by atoms with van der Waals surface area (Å²) in [6, 6.07) is 11.7. The molecule has 2 saturated heterocycles. The topological polar surface area (TPSA) is 125 Å². The number of nitrogens with one attached hydrogen (secondary N) is 1. The lowest BCUT2D eigenvalue weighted by atomic mass is 10.0. The Labute approximate surface area is 215 Å². The van der Waals surface area contributed by atoms with Crippen LogP contribution in [-0.4, -0.2) is 81.2 Å². The highest BCUT2D eigenvalue weighted by molar-refractivity contribution is 7.90. The quantitative estimate of drug-likeness (QED) is 0.500. The number of anilines is 3. The molecule has 2 N–H and O–H groups in total. The highest BCUT2D eigenvalue weighted by atomic mass is 32.2. The van der Waals surface area contributed by atoms with Crippen LogP contribution < -0.4 is 15.1 Å². The van der Waals surface area contributed by atoms with E-state index in [4.69, 9.17) is 9.72 Å². The van der Waals surface area contributed by atoms with E-state index in [2.05, 4.69) is 15.2 Å².